The van der Waals surface area contributed by atoms with Crippen molar-refractivity contribution in [3.63, 3.8) is 0 Å². The molecule has 72 valence electrons. The summed E-state index contributed by atoms with van der Waals surface area (Å²) in [6.45, 7) is 4.23. The molecule has 1 saturated heterocycles. The highest BCUT2D eigenvalue weighted by atomic mass is 32.1. The first-order valence-corrected chi connectivity index (χ1v) is 5.45. The van der Waals surface area contributed by atoms with E-state index in [1.54, 1.807) is 0 Å². The third-order valence-electron chi connectivity index (χ3n) is 2.05. The number of hydrogen-bond acceptors (Lipinski definition) is 5. The molecule has 1 aliphatic heterocycles. The van der Waals surface area contributed by atoms with E-state index in [1.807, 2.05) is 0 Å². The fourth-order valence-corrected chi connectivity index (χ4v) is 1.89. The van der Waals surface area contributed by atoms with Gasteiger partial charge in [-0.2, -0.15) is 4.37 Å². The van der Waals surface area contributed by atoms with Crippen LogP contribution in [0.2, 0.25) is 0 Å². The Morgan fingerprint density at radius 3 is 3.08 bits per heavy atom. The molecule has 1 aromatic heterocycles. The number of nitrogens with zero attached hydrogens (tertiary/aromatic N) is 2. The molecule has 1 fully saturated rings. The first kappa shape index (κ1) is 8.90. The Morgan fingerprint density at radius 1 is 1.62 bits per heavy atom. The van der Waals surface area contributed by atoms with Crippen LogP contribution in [-0.4, -0.2) is 28.5 Å². The summed E-state index contributed by atoms with van der Waals surface area (Å²) < 4.78 is 4.27. The van der Waals surface area contributed by atoms with Crippen LogP contribution in [0.4, 0.5) is 5.13 Å². The van der Waals surface area contributed by atoms with Gasteiger partial charge in [0.05, 0.1) is 6.04 Å². The Balaban J connectivity index is 1.88. The minimum absolute atomic E-state index is 0.558. The monoisotopic (exact) mass is 198 g/mol. The summed E-state index contributed by atoms with van der Waals surface area (Å²) in [5.41, 5.74) is 0. The zero-order valence-corrected chi connectivity index (χ0v) is 8.52. The van der Waals surface area contributed by atoms with E-state index in [2.05, 4.69) is 26.9 Å². The van der Waals surface area contributed by atoms with Crippen molar-refractivity contribution in [1.29, 1.82) is 0 Å². The van der Waals surface area contributed by atoms with Crippen LogP contribution in [0.1, 0.15) is 19.2 Å². The summed E-state index contributed by atoms with van der Waals surface area (Å²) in [6, 6.07) is 0.558. The molecule has 0 saturated carbocycles. The maximum Gasteiger partial charge on any atom is 0.202 e. The van der Waals surface area contributed by atoms with Gasteiger partial charge in [-0.3, -0.25) is 0 Å². The molecule has 2 N–H and O–H groups in total. The number of rotatable bonds is 4. The van der Waals surface area contributed by atoms with Gasteiger partial charge in [-0.05, 0) is 6.42 Å². The van der Waals surface area contributed by atoms with E-state index in [0.29, 0.717) is 6.04 Å². The van der Waals surface area contributed by atoms with Gasteiger partial charge >= 0.3 is 0 Å². The molecule has 2 heterocycles. The summed E-state index contributed by atoms with van der Waals surface area (Å²) in [5, 5.41) is 7.51. The average molecular weight is 198 g/mol. The molecule has 0 unspecified atom stereocenters. The smallest absolute Gasteiger partial charge is 0.202 e. The van der Waals surface area contributed by atoms with Gasteiger partial charge in [0.2, 0.25) is 5.13 Å². The van der Waals surface area contributed by atoms with Crippen molar-refractivity contribution >= 4 is 16.7 Å². The maximum absolute atomic E-state index is 4.39. The number of aryl methyl sites for hydroxylation is 1. The third kappa shape index (κ3) is 2.16. The number of nitrogens with one attached hydrogen (secondary N) is 2. The number of aromatic nitrogens is 2. The predicted octanol–water partition coefficient (Wildman–Crippen LogP) is 0.874. The van der Waals surface area contributed by atoms with Crippen molar-refractivity contribution in [3.05, 3.63) is 5.82 Å². The summed E-state index contributed by atoms with van der Waals surface area (Å²) in [6.07, 6.45) is 2.10. The highest BCUT2D eigenvalue weighted by molar-refractivity contribution is 7.09. The van der Waals surface area contributed by atoms with E-state index in [-0.39, 0.29) is 0 Å². The minimum Gasteiger partial charge on any atom is -0.355 e. The van der Waals surface area contributed by atoms with Gasteiger partial charge in [0, 0.05) is 31.0 Å². The minimum atomic E-state index is 0.558. The van der Waals surface area contributed by atoms with Crippen molar-refractivity contribution in [2.24, 2.45) is 0 Å². The maximum atomic E-state index is 4.39. The van der Waals surface area contributed by atoms with Crippen LogP contribution in [0.5, 0.6) is 0 Å². The highest BCUT2D eigenvalue weighted by Crippen LogP contribution is 2.14. The van der Waals surface area contributed by atoms with Gasteiger partial charge in [0.25, 0.3) is 0 Å². The molecule has 5 heteroatoms. The number of anilines is 1. The molecule has 1 aliphatic rings. The van der Waals surface area contributed by atoms with Gasteiger partial charge in [-0.1, -0.05) is 6.92 Å². The van der Waals surface area contributed by atoms with Crippen LogP contribution in [0.3, 0.4) is 0 Å². The summed E-state index contributed by atoms with van der Waals surface area (Å²) in [7, 11) is 0. The Kier molecular flexibility index (Phi) is 2.75. The normalized spacial score (nSPS) is 17.0. The van der Waals surface area contributed by atoms with Gasteiger partial charge in [0.15, 0.2) is 0 Å². The standard InChI is InChI=1S/C8H14N4S/c1-2-3-7-11-8(13-12-7)10-6-4-9-5-6/h6,9H,2-5H2,1H3,(H,10,11,12). The first-order valence-electron chi connectivity index (χ1n) is 4.68. The fourth-order valence-electron chi connectivity index (χ4n) is 1.20. The zero-order valence-electron chi connectivity index (χ0n) is 7.71. The van der Waals surface area contributed by atoms with Crippen LogP contribution >= 0.6 is 11.5 Å². The highest BCUT2D eigenvalue weighted by Gasteiger charge is 2.17. The molecule has 0 atom stereocenters. The molecule has 2 rings (SSSR count). The Morgan fingerprint density at radius 2 is 2.46 bits per heavy atom. The molecule has 0 aliphatic carbocycles. The largest absolute Gasteiger partial charge is 0.355 e. The van der Waals surface area contributed by atoms with Crippen LogP contribution in [0.15, 0.2) is 0 Å². The third-order valence-corrected chi connectivity index (χ3v) is 2.73. The summed E-state index contributed by atoms with van der Waals surface area (Å²) in [4.78, 5) is 4.39. The zero-order chi connectivity index (χ0) is 9.10. The second-order valence-corrected chi connectivity index (χ2v) is 4.02. The Hall–Kier alpha value is -0.680. The van der Waals surface area contributed by atoms with Gasteiger partial charge < -0.3 is 10.6 Å². The van der Waals surface area contributed by atoms with E-state index >= 15 is 0 Å². The molecular formula is C8H14N4S. The molecular weight excluding hydrogens is 184 g/mol. The van der Waals surface area contributed by atoms with E-state index in [0.717, 1.165) is 36.9 Å². The first-order chi connectivity index (χ1) is 6.38. The quantitative estimate of drug-likeness (QED) is 0.754. The lowest BCUT2D eigenvalue weighted by Crippen LogP contribution is -2.51. The van der Waals surface area contributed by atoms with Crippen molar-refractivity contribution in [3.8, 4) is 0 Å². The second-order valence-electron chi connectivity index (χ2n) is 3.27. The van der Waals surface area contributed by atoms with Crippen molar-refractivity contribution < 1.29 is 0 Å². The second kappa shape index (κ2) is 4.02. The Labute approximate surface area is 81.9 Å². The lowest BCUT2D eigenvalue weighted by atomic mass is 10.2. The summed E-state index contributed by atoms with van der Waals surface area (Å²) >= 11 is 1.47. The molecule has 0 radical (unpaired) electrons. The fraction of sp³-hybridized carbons (Fsp3) is 0.750. The molecule has 1 aromatic rings. The molecule has 0 bridgehead atoms. The van der Waals surface area contributed by atoms with Crippen LogP contribution in [0.25, 0.3) is 0 Å². The van der Waals surface area contributed by atoms with Crippen molar-refractivity contribution in [2.75, 3.05) is 18.4 Å². The van der Waals surface area contributed by atoms with Gasteiger partial charge in [-0.25, -0.2) is 4.98 Å². The number of hydrogen-bond donors (Lipinski definition) is 2. The van der Waals surface area contributed by atoms with E-state index in [1.165, 1.54) is 11.5 Å². The molecule has 4 nitrogen and oxygen atoms in total. The predicted molar refractivity (Wildman–Crippen MR) is 54.2 cm³/mol. The summed E-state index contributed by atoms with van der Waals surface area (Å²) in [5.74, 6) is 0.974. The van der Waals surface area contributed by atoms with Crippen molar-refractivity contribution in [1.82, 2.24) is 14.7 Å². The van der Waals surface area contributed by atoms with Crippen molar-refractivity contribution in [2.45, 2.75) is 25.8 Å². The Bertz CT molecular complexity index is 269. The molecule has 0 aromatic carbocycles. The van der Waals surface area contributed by atoms with E-state index in [9.17, 15) is 0 Å². The topological polar surface area (TPSA) is 49.8 Å². The molecule has 0 amide bonds. The lowest BCUT2D eigenvalue weighted by molar-refractivity contribution is 0.472. The van der Waals surface area contributed by atoms with Crippen LogP contribution in [0, 0.1) is 0 Å². The van der Waals surface area contributed by atoms with Gasteiger partial charge in [0.1, 0.15) is 5.82 Å². The molecule has 0 spiro atoms. The molecule has 13 heavy (non-hydrogen) atoms. The SMILES string of the molecule is CCCc1nsc(NC2CNC2)n1. The van der Waals surface area contributed by atoms with Crippen LogP contribution in [-0.2, 0) is 6.42 Å². The van der Waals surface area contributed by atoms with Gasteiger partial charge in [-0.15, -0.1) is 0 Å². The van der Waals surface area contributed by atoms with Crippen LogP contribution < -0.4 is 10.6 Å². The van der Waals surface area contributed by atoms with E-state index < -0.39 is 0 Å². The average Bonchev–Trinajstić information content (AvgIpc) is 2.46. The van der Waals surface area contributed by atoms with E-state index in [4.69, 9.17) is 0 Å². The lowest BCUT2D eigenvalue weighted by Gasteiger charge is -2.27.